The lowest BCUT2D eigenvalue weighted by molar-refractivity contribution is -0.130. The summed E-state index contributed by atoms with van der Waals surface area (Å²) in [5.41, 5.74) is 4.70. The highest BCUT2D eigenvalue weighted by Gasteiger charge is 2.26. The van der Waals surface area contributed by atoms with E-state index >= 15 is 0 Å². The van der Waals surface area contributed by atoms with Gasteiger partial charge in [0.25, 0.3) is 5.91 Å². The Kier molecular flexibility index (Phi) is 5.23. The van der Waals surface area contributed by atoms with Crippen molar-refractivity contribution in [1.82, 2.24) is 5.43 Å². The molecule has 2 aromatic carbocycles. The lowest BCUT2D eigenvalue weighted by Crippen LogP contribution is -2.42. The number of ether oxygens (including phenoxy) is 2. The van der Waals surface area contributed by atoms with Gasteiger partial charge in [0.2, 0.25) is 6.10 Å². The Morgan fingerprint density at radius 2 is 1.78 bits per heavy atom. The molecule has 4 rings (SSSR count). The fraction of sp³-hybridized carbons (Fsp3) is 0.333. The van der Waals surface area contributed by atoms with Gasteiger partial charge in [-0.2, -0.15) is 5.10 Å². The minimum absolute atomic E-state index is 0.170. The van der Waals surface area contributed by atoms with Crippen molar-refractivity contribution in [2.45, 2.75) is 25.4 Å². The van der Waals surface area contributed by atoms with Crippen LogP contribution in [0, 0.1) is 0 Å². The molecule has 6 heteroatoms. The van der Waals surface area contributed by atoms with Crippen LogP contribution in [-0.4, -0.2) is 37.9 Å². The smallest absolute Gasteiger partial charge is 0.284 e. The van der Waals surface area contributed by atoms with Crippen molar-refractivity contribution in [2.75, 3.05) is 24.6 Å². The number of rotatable bonds is 4. The number of hydrogen-bond acceptors (Lipinski definition) is 5. The van der Waals surface area contributed by atoms with Crippen LogP contribution in [0.3, 0.4) is 0 Å². The zero-order valence-corrected chi connectivity index (χ0v) is 15.1. The van der Waals surface area contributed by atoms with E-state index in [1.54, 1.807) is 12.3 Å². The fourth-order valence-corrected chi connectivity index (χ4v) is 3.31. The largest absolute Gasteiger partial charge is 0.485 e. The van der Waals surface area contributed by atoms with Gasteiger partial charge in [-0.05, 0) is 49.1 Å². The molecule has 27 heavy (non-hydrogen) atoms. The predicted molar refractivity (Wildman–Crippen MR) is 105 cm³/mol. The van der Waals surface area contributed by atoms with E-state index in [1.807, 2.05) is 30.3 Å². The second-order valence-electron chi connectivity index (χ2n) is 6.74. The van der Waals surface area contributed by atoms with Crippen molar-refractivity contribution in [1.29, 1.82) is 0 Å². The third-order valence-corrected chi connectivity index (χ3v) is 4.80. The van der Waals surface area contributed by atoms with Crippen molar-refractivity contribution < 1.29 is 14.3 Å². The lowest BCUT2D eigenvalue weighted by Gasteiger charge is -2.28. The summed E-state index contributed by atoms with van der Waals surface area (Å²) in [6, 6.07) is 15.5. The summed E-state index contributed by atoms with van der Waals surface area (Å²) in [5.74, 6) is 0.894. The molecule has 2 aliphatic heterocycles. The maximum atomic E-state index is 12.2. The molecule has 0 aliphatic carbocycles. The molecule has 1 amide bonds. The average molecular weight is 365 g/mol. The maximum absolute atomic E-state index is 12.2. The van der Waals surface area contributed by atoms with E-state index in [9.17, 15) is 4.79 Å². The Morgan fingerprint density at radius 1 is 1.04 bits per heavy atom. The Morgan fingerprint density at radius 3 is 2.56 bits per heavy atom. The number of anilines is 1. The first-order valence-electron chi connectivity index (χ1n) is 9.36. The minimum Gasteiger partial charge on any atom is -0.485 e. The number of para-hydroxylation sites is 2. The van der Waals surface area contributed by atoms with E-state index in [4.69, 9.17) is 9.47 Å². The molecule has 0 spiro atoms. The van der Waals surface area contributed by atoms with Crippen molar-refractivity contribution in [2.24, 2.45) is 5.10 Å². The first kappa shape index (κ1) is 17.4. The average Bonchev–Trinajstić information content (AvgIpc) is 2.74. The Bertz CT molecular complexity index is 814. The van der Waals surface area contributed by atoms with Gasteiger partial charge in [0.15, 0.2) is 11.5 Å². The van der Waals surface area contributed by atoms with Gasteiger partial charge in [-0.25, -0.2) is 5.43 Å². The van der Waals surface area contributed by atoms with Gasteiger partial charge in [-0.3, -0.25) is 4.79 Å². The van der Waals surface area contributed by atoms with Crippen LogP contribution in [-0.2, 0) is 4.79 Å². The van der Waals surface area contributed by atoms with E-state index in [2.05, 4.69) is 27.6 Å². The number of fused-ring (bicyclic) bond motifs is 1. The molecule has 0 radical (unpaired) electrons. The highest BCUT2D eigenvalue weighted by atomic mass is 16.6. The second kappa shape index (κ2) is 8.12. The summed E-state index contributed by atoms with van der Waals surface area (Å²) in [6.45, 7) is 2.41. The van der Waals surface area contributed by atoms with Gasteiger partial charge in [0.05, 0.1) is 6.21 Å². The SMILES string of the molecule is O=C(N/N=C\c1ccc(N2CCCCC2)cc1)[C@H]1COc2ccccc2O1. The van der Waals surface area contributed by atoms with Crippen molar-refractivity contribution in [3.8, 4) is 11.5 Å². The Labute approximate surface area is 158 Å². The van der Waals surface area contributed by atoms with E-state index in [1.165, 1.54) is 24.9 Å². The highest BCUT2D eigenvalue weighted by molar-refractivity contribution is 5.85. The minimum atomic E-state index is -0.710. The van der Waals surface area contributed by atoms with Gasteiger partial charge in [-0.15, -0.1) is 0 Å². The third kappa shape index (κ3) is 4.22. The van der Waals surface area contributed by atoms with E-state index in [-0.39, 0.29) is 12.5 Å². The fourth-order valence-electron chi connectivity index (χ4n) is 3.31. The molecule has 2 aliphatic rings. The molecule has 6 nitrogen and oxygen atoms in total. The first-order chi connectivity index (χ1) is 13.3. The quantitative estimate of drug-likeness (QED) is 0.668. The van der Waals surface area contributed by atoms with Crippen molar-refractivity contribution >= 4 is 17.8 Å². The van der Waals surface area contributed by atoms with E-state index in [0.29, 0.717) is 11.5 Å². The molecule has 0 aromatic heterocycles. The molecule has 2 heterocycles. The normalized spacial score (nSPS) is 19.1. The maximum Gasteiger partial charge on any atom is 0.284 e. The Balaban J connectivity index is 1.30. The zero-order valence-electron chi connectivity index (χ0n) is 15.1. The summed E-state index contributed by atoms with van der Waals surface area (Å²) >= 11 is 0. The monoisotopic (exact) mass is 365 g/mol. The van der Waals surface area contributed by atoms with Crippen LogP contribution in [0.4, 0.5) is 5.69 Å². The third-order valence-electron chi connectivity index (χ3n) is 4.80. The molecule has 1 N–H and O–H groups in total. The van der Waals surface area contributed by atoms with Crippen LogP contribution < -0.4 is 19.8 Å². The van der Waals surface area contributed by atoms with Crippen molar-refractivity contribution in [3.63, 3.8) is 0 Å². The number of hydrogen-bond donors (Lipinski definition) is 1. The molecule has 0 unspecified atom stereocenters. The number of benzene rings is 2. The number of carbonyl (C=O) groups is 1. The van der Waals surface area contributed by atoms with Crippen LogP contribution in [0.1, 0.15) is 24.8 Å². The highest BCUT2D eigenvalue weighted by Crippen LogP contribution is 2.30. The van der Waals surface area contributed by atoms with E-state index in [0.717, 1.165) is 18.7 Å². The molecule has 0 saturated carbocycles. The molecule has 1 fully saturated rings. The van der Waals surface area contributed by atoms with Gasteiger partial charge in [-0.1, -0.05) is 24.3 Å². The van der Waals surface area contributed by atoms with Crippen LogP contribution >= 0.6 is 0 Å². The Hall–Kier alpha value is -3.02. The molecular weight excluding hydrogens is 342 g/mol. The van der Waals surface area contributed by atoms with Crippen LogP contribution in [0.25, 0.3) is 0 Å². The summed E-state index contributed by atoms with van der Waals surface area (Å²) < 4.78 is 11.2. The van der Waals surface area contributed by atoms with Crippen LogP contribution in [0.2, 0.25) is 0 Å². The number of nitrogens with zero attached hydrogens (tertiary/aromatic N) is 2. The molecule has 1 saturated heterocycles. The van der Waals surface area contributed by atoms with Crippen LogP contribution in [0.15, 0.2) is 53.6 Å². The summed E-state index contributed by atoms with van der Waals surface area (Å²) in [7, 11) is 0. The van der Waals surface area contributed by atoms with Gasteiger partial charge in [0.1, 0.15) is 6.61 Å². The number of amides is 1. The van der Waals surface area contributed by atoms with Crippen molar-refractivity contribution in [3.05, 3.63) is 54.1 Å². The van der Waals surface area contributed by atoms with Gasteiger partial charge in [0, 0.05) is 18.8 Å². The zero-order chi connectivity index (χ0) is 18.5. The van der Waals surface area contributed by atoms with Gasteiger partial charge < -0.3 is 14.4 Å². The first-order valence-corrected chi connectivity index (χ1v) is 9.36. The molecule has 0 bridgehead atoms. The molecule has 2 aromatic rings. The predicted octanol–water partition coefficient (Wildman–Crippen LogP) is 2.97. The number of carbonyl (C=O) groups excluding carboxylic acids is 1. The molecule has 1 atom stereocenters. The second-order valence-corrected chi connectivity index (χ2v) is 6.74. The summed E-state index contributed by atoms with van der Waals surface area (Å²) in [6.07, 6.45) is 4.76. The topological polar surface area (TPSA) is 63.2 Å². The molecule has 140 valence electrons. The molecular formula is C21H23N3O3. The number of hydrazone groups is 1. The number of nitrogens with one attached hydrogen (secondary N) is 1. The van der Waals surface area contributed by atoms with E-state index < -0.39 is 6.10 Å². The summed E-state index contributed by atoms with van der Waals surface area (Å²) in [5, 5.41) is 4.04. The van der Waals surface area contributed by atoms with Gasteiger partial charge >= 0.3 is 0 Å². The van der Waals surface area contributed by atoms with Crippen LogP contribution in [0.5, 0.6) is 11.5 Å². The lowest BCUT2D eigenvalue weighted by atomic mass is 10.1. The summed E-state index contributed by atoms with van der Waals surface area (Å²) in [4.78, 5) is 14.6. The number of piperidine rings is 1. The standard InChI is InChI=1S/C21H23N3O3/c25-21(20-15-26-18-6-2-3-7-19(18)27-20)23-22-14-16-8-10-17(11-9-16)24-12-4-1-5-13-24/h2-3,6-11,14,20H,1,4-5,12-13,15H2,(H,23,25)/b22-14-/t20-/m1/s1.